The molecule has 1 aromatic carbocycles. The van der Waals surface area contributed by atoms with Gasteiger partial charge in [-0.3, -0.25) is 0 Å². The molecule has 4 rings (SSSR count). The molecular weight excluding hydrogens is 217 g/mol. The first-order chi connectivity index (χ1) is 8.33. The zero-order valence-electron chi connectivity index (χ0n) is 9.26. The van der Waals surface area contributed by atoms with E-state index in [1.54, 1.807) is 6.07 Å². The van der Waals surface area contributed by atoms with Crippen molar-refractivity contribution >= 4 is 16.6 Å². The fraction of sp³-hybridized carbons (Fsp3) is 0.231. The Labute approximate surface area is 97.9 Å². The molecule has 0 saturated heterocycles. The summed E-state index contributed by atoms with van der Waals surface area (Å²) in [5.74, 6) is -0.166. The third-order valence-electron chi connectivity index (χ3n) is 3.58. The minimum absolute atomic E-state index is 0.166. The number of nitrogens with one attached hydrogen (secondary N) is 2. The standard InChI is InChI=1S/C13H12FN3/c14-8-1-2-11-10(7-8)9-4-6-17-12(3-5-15-17)13(9)16-11/h1-3,7,15-16H,4-6H2. The summed E-state index contributed by atoms with van der Waals surface area (Å²) in [7, 11) is 0. The maximum atomic E-state index is 13.3. The van der Waals surface area contributed by atoms with Gasteiger partial charge in [0, 0.05) is 24.0 Å². The highest BCUT2D eigenvalue weighted by atomic mass is 19.1. The van der Waals surface area contributed by atoms with Gasteiger partial charge in [0.1, 0.15) is 5.82 Å². The molecule has 86 valence electrons. The molecular formula is C13H12FN3. The minimum Gasteiger partial charge on any atom is -0.353 e. The maximum Gasteiger partial charge on any atom is 0.123 e. The van der Waals surface area contributed by atoms with Crippen molar-refractivity contribution in [3.8, 4) is 0 Å². The normalized spacial score (nSPS) is 18.2. The van der Waals surface area contributed by atoms with E-state index in [1.807, 2.05) is 6.07 Å². The molecule has 1 aromatic heterocycles. The van der Waals surface area contributed by atoms with Crippen molar-refractivity contribution in [1.29, 1.82) is 0 Å². The van der Waals surface area contributed by atoms with E-state index in [2.05, 4.69) is 21.5 Å². The monoisotopic (exact) mass is 229 g/mol. The van der Waals surface area contributed by atoms with Crippen LogP contribution in [0.1, 0.15) is 11.3 Å². The average molecular weight is 229 g/mol. The lowest BCUT2D eigenvalue weighted by atomic mass is 10.0. The summed E-state index contributed by atoms with van der Waals surface area (Å²) < 4.78 is 13.3. The molecule has 3 nitrogen and oxygen atoms in total. The van der Waals surface area contributed by atoms with Crippen molar-refractivity contribution < 1.29 is 4.39 Å². The molecule has 0 amide bonds. The molecule has 0 fully saturated rings. The second-order valence-corrected chi connectivity index (χ2v) is 4.52. The van der Waals surface area contributed by atoms with Crippen molar-refractivity contribution in [2.75, 3.05) is 13.1 Å². The van der Waals surface area contributed by atoms with Crippen molar-refractivity contribution in [2.45, 2.75) is 6.42 Å². The largest absolute Gasteiger partial charge is 0.353 e. The van der Waals surface area contributed by atoms with Gasteiger partial charge in [0.05, 0.1) is 11.4 Å². The Kier molecular flexibility index (Phi) is 1.69. The summed E-state index contributed by atoms with van der Waals surface area (Å²) in [5.41, 5.74) is 7.90. The lowest BCUT2D eigenvalue weighted by Crippen LogP contribution is -2.35. The van der Waals surface area contributed by atoms with Gasteiger partial charge in [0.25, 0.3) is 0 Å². The van der Waals surface area contributed by atoms with E-state index < -0.39 is 0 Å². The number of hydrogen-bond donors (Lipinski definition) is 2. The number of nitrogens with zero attached hydrogens (tertiary/aromatic N) is 1. The third kappa shape index (κ3) is 1.18. The summed E-state index contributed by atoms with van der Waals surface area (Å²) in [6, 6.07) is 4.95. The highest BCUT2D eigenvalue weighted by Crippen LogP contribution is 2.34. The fourth-order valence-electron chi connectivity index (χ4n) is 2.81. The van der Waals surface area contributed by atoms with Gasteiger partial charge in [-0.15, -0.1) is 0 Å². The fourth-order valence-corrected chi connectivity index (χ4v) is 2.81. The molecule has 0 unspecified atom stereocenters. The smallest absolute Gasteiger partial charge is 0.123 e. The van der Waals surface area contributed by atoms with E-state index in [0.29, 0.717) is 0 Å². The highest BCUT2D eigenvalue weighted by Gasteiger charge is 2.26. The molecule has 0 spiro atoms. The molecule has 2 aliphatic heterocycles. The number of aromatic amines is 1. The van der Waals surface area contributed by atoms with Crippen LogP contribution in [0.5, 0.6) is 0 Å². The second kappa shape index (κ2) is 3.11. The van der Waals surface area contributed by atoms with Crippen LogP contribution in [-0.2, 0) is 6.42 Å². The molecule has 17 heavy (non-hydrogen) atoms. The molecule has 4 heteroatoms. The van der Waals surface area contributed by atoms with Crippen LogP contribution in [0.3, 0.4) is 0 Å². The van der Waals surface area contributed by atoms with E-state index in [0.717, 1.165) is 36.1 Å². The molecule has 2 N–H and O–H groups in total. The Morgan fingerprint density at radius 2 is 2.24 bits per heavy atom. The molecule has 0 radical (unpaired) electrons. The van der Waals surface area contributed by atoms with E-state index >= 15 is 0 Å². The second-order valence-electron chi connectivity index (χ2n) is 4.52. The Morgan fingerprint density at radius 3 is 3.18 bits per heavy atom. The maximum absolute atomic E-state index is 13.3. The van der Waals surface area contributed by atoms with Gasteiger partial charge in [0.15, 0.2) is 0 Å². The van der Waals surface area contributed by atoms with Crippen molar-refractivity contribution in [3.63, 3.8) is 0 Å². The van der Waals surface area contributed by atoms with E-state index in [4.69, 9.17) is 0 Å². The summed E-state index contributed by atoms with van der Waals surface area (Å²) in [5, 5.41) is 3.18. The lowest BCUT2D eigenvalue weighted by molar-refractivity contribution is 0.319. The number of halogens is 1. The van der Waals surface area contributed by atoms with Crippen molar-refractivity contribution in [1.82, 2.24) is 15.4 Å². The zero-order chi connectivity index (χ0) is 11.4. The van der Waals surface area contributed by atoms with Gasteiger partial charge < -0.3 is 9.99 Å². The predicted molar refractivity (Wildman–Crippen MR) is 64.6 cm³/mol. The summed E-state index contributed by atoms with van der Waals surface area (Å²) in [6.07, 6.45) is 3.12. The zero-order valence-corrected chi connectivity index (χ0v) is 9.26. The molecule has 2 aromatic rings. The first kappa shape index (κ1) is 9.24. The number of fused-ring (bicyclic) bond motifs is 5. The quantitative estimate of drug-likeness (QED) is 0.724. The molecule has 0 saturated carbocycles. The minimum atomic E-state index is -0.166. The van der Waals surface area contributed by atoms with Gasteiger partial charge >= 0.3 is 0 Å². The number of hydrazine groups is 1. The van der Waals surface area contributed by atoms with Crippen LogP contribution < -0.4 is 5.43 Å². The van der Waals surface area contributed by atoms with Gasteiger partial charge in [-0.2, -0.15) is 0 Å². The van der Waals surface area contributed by atoms with Crippen LogP contribution >= 0.6 is 0 Å². The average Bonchev–Trinajstić information content (AvgIpc) is 2.91. The summed E-state index contributed by atoms with van der Waals surface area (Å²) >= 11 is 0. The molecule has 0 bridgehead atoms. The number of hydrogen-bond acceptors (Lipinski definition) is 2. The van der Waals surface area contributed by atoms with Crippen LogP contribution in [0.2, 0.25) is 0 Å². The van der Waals surface area contributed by atoms with Crippen LogP contribution in [-0.4, -0.2) is 23.1 Å². The van der Waals surface area contributed by atoms with Crippen molar-refractivity contribution in [2.24, 2.45) is 0 Å². The van der Waals surface area contributed by atoms with Gasteiger partial charge in [0.2, 0.25) is 0 Å². The van der Waals surface area contributed by atoms with Crippen LogP contribution in [0.25, 0.3) is 16.6 Å². The number of rotatable bonds is 0. The molecule has 2 aliphatic rings. The van der Waals surface area contributed by atoms with E-state index in [9.17, 15) is 4.39 Å². The Morgan fingerprint density at radius 1 is 1.29 bits per heavy atom. The molecule has 0 aliphatic carbocycles. The summed E-state index contributed by atoms with van der Waals surface area (Å²) in [4.78, 5) is 3.40. The first-order valence-electron chi connectivity index (χ1n) is 5.84. The topological polar surface area (TPSA) is 31.1 Å². The van der Waals surface area contributed by atoms with E-state index in [1.165, 1.54) is 17.3 Å². The van der Waals surface area contributed by atoms with Crippen LogP contribution in [0, 0.1) is 5.82 Å². The predicted octanol–water partition coefficient (Wildman–Crippen LogP) is 2.02. The van der Waals surface area contributed by atoms with Crippen LogP contribution in [0.15, 0.2) is 24.3 Å². The van der Waals surface area contributed by atoms with Crippen molar-refractivity contribution in [3.05, 3.63) is 41.3 Å². The SMILES string of the molecule is Fc1ccc2[nH]c3c(c2c1)CCN1NCC=C31. The number of benzene rings is 1. The Balaban J connectivity index is 2.02. The van der Waals surface area contributed by atoms with Crippen LogP contribution in [0.4, 0.5) is 4.39 Å². The van der Waals surface area contributed by atoms with Gasteiger partial charge in [-0.25, -0.2) is 9.82 Å². The van der Waals surface area contributed by atoms with Gasteiger partial charge in [-0.1, -0.05) is 0 Å². The first-order valence-corrected chi connectivity index (χ1v) is 5.84. The Bertz CT molecular complexity index is 641. The van der Waals surface area contributed by atoms with E-state index in [-0.39, 0.29) is 5.82 Å². The molecule has 0 atom stereocenters. The number of H-pyrrole nitrogens is 1. The Hall–Kier alpha value is -1.81. The number of aromatic nitrogens is 1. The lowest BCUT2D eigenvalue weighted by Gasteiger charge is -2.27. The molecule has 3 heterocycles. The highest BCUT2D eigenvalue weighted by molar-refractivity contribution is 5.90. The summed E-state index contributed by atoms with van der Waals surface area (Å²) in [6.45, 7) is 1.82. The third-order valence-corrected chi connectivity index (χ3v) is 3.58. The van der Waals surface area contributed by atoms with Gasteiger partial charge in [-0.05, 0) is 36.3 Å².